The summed E-state index contributed by atoms with van der Waals surface area (Å²) in [7, 11) is 0. The quantitative estimate of drug-likeness (QED) is 0.566. The van der Waals surface area contributed by atoms with Gasteiger partial charge in [0.1, 0.15) is 0 Å². The van der Waals surface area contributed by atoms with Crippen molar-refractivity contribution in [3.63, 3.8) is 0 Å². The fourth-order valence-corrected chi connectivity index (χ4v) is 5.93. The highest BCUT2D eigenvalue weighted by atomic mass is 32.1. The summed E-state index contributed by atoms with van der Waals surface area (Å²) in [6.45, 7) is 0.569. The zero-order valence-electron chi connectivity index (χ0n) is 17.5. The van der Waals surface area contributed by atoms with Gasteiger partial charge in [0.05, 0.1) is 12.0 Å². The van der Waals surface area contributed by atoms with Crippen molar-refractivity contribution in [2.45, 2.75) is 50.5 Å². The molecule has 0 spiro atoms. The van der Waals surface area contributed by atoms with Gasteiger partial charge in [-0.25, -0.2) is 0 Å². The van der Waals surface area contributed by atoms with Crippen LogP contribution in [0.15, 0.2) is 66.0 Å². The molecule has 2 amide bonds. The highest BCUT2D eigenvalue weighted by Crippen LogP contribution is 2.44. The van der Waals surface area contributed by atoms with E-state index in [1.165, 1.54) is 4.88 Å². The highest BCUT2D eigenvalue weighted by molar-refractivity contribution is 7.10. The number of anilines is 2. The number of amides is 2. The first-order valence-electron chi connectivity index (χ1n) is 11.0. The fourth-order valence-electron chi connectivity index (χ4n) is 4.94. The van der Waals surface area contributed by atoms with Crippen LogP contribution in [0.2, 0.25) is 0 Å². The number of carbonyl (C=O) groups is 2. The maximum atomic E-state index is 13.4. The Morgan fingerprint density at radius 2 is 1.81 bits per heavy atom. The van der Waals surface area contributed by atoms with E-state index in [9.17, 15) is 9.59 Å². The maximum Gasteiger partial charge on any atom is 0.235 e. The molecule has 0 atom stereocenters. The lowest BCUT2D eigenvalue weighted by atomic mass is 9.83. The molecule has 31 heavy (non-hydrogen) atoms. The highest BCUT2D eigenvalue weighted by Gasteiger charge is 2.43. The van der Waals surface area contributed by atoms with E-state index >= 15 is 0 Å². The zero-order valence-corrected chi connectivity index (χ0v) is 18.3. The molecule has 1 saturated carbocycles. The Labute approximate surface area is 186 Å². The molecule has 3 aromatic rings. The molecule has 5 rings (SSSR count). The summed E-state index contributed by atoms with van der Waals surface area (Å²) < 4.78 is 0. The van der Waals surface area contributed by atoms with Gasteiger partial charge in [0, 0.05) is 22.7 Å². The summed E-state index contributed by atoms with van der Waals surface area (Å²) in [6.07, 6.45) is 5.20. The van der Waals surface area contributed by atoms with Crippen LogP contribution in [0.3, 0.4) is 0 Å². The molecule has 1 N–H and O–H groups in total. The first kappa shape index (κ1) is 20.0. The van der Waals surface area contributed by atoms with Crippen molar-refractivity contribution in [3.8, 4) is 0 Å². The predicted molar refractivity (Wildman–Crippen MR) is 125 cm³/mol. The summed E-state index contributed by atoms with van der Waals surface area (Å²) in [5, 5.41) is 5.26. The summed E-state index contributed by atoms with van der Waals surface area (Å²) >= 11 is 1.68. The van der Waals surface area contributed by atoms with Gasteiger partial charge in [0.2, 0.25) is 11.8 Å². The Morgan fingerprint density at radius 1 is 1.00 bits per heavy atom. The second kappa shape index (κ2) is 8.31. The Balaban J connectivity index is 1.39. The summed E-state index contributed by atoms with van der Waals surface area (Å²) in [6, 6.07) is 20.2. The molecule has 2 heterocycles. The molecule has 2 aromatic carbocycles. The Kier molecular flexibility index (Phi) is 5.36. The number of hydrogen-bond donors (Lipinski definition) is 1. The molecular weight excluding hydrogens is 404 g/mol. The summed E-state index contributed by atoms with van der Waals surface area (Å²) in [4.78, 5) is 29.1. The van der Waals surface area contributed by atoms with Crippen LogP contribution in [-0.4, -0.2) is 11.8 Å². The Morgan fingerprint density at radius 3 is 2.55 bits per heavy atom. The van der Waals surface area contributed by atoms with Crippen molar-refractivity contribution in [1.29, 1.82) is 0 Å². The van der Waals surface area contributed by atoms with Crippen LogP contribution < -0.4 is 10.2 Å². The van der Waals surface area contributed by atoms with E-state index < -0.39 is 5.41 Å². The number of benzene rings is 2. The van der Waals surface area contributed by atoms with E-state index in [-0.39, 0.29) is 11.8 Å². The maximum absolute atomic E-state index is 13.4. The summed E-state index contributed by atoms with van der Waals surface area (Å²) in [5.41, 5.74) is 3.59. The lowest BCUT2D eigenvalue weighted by Crippen LogP contribution is -2.37. The summed E-state index contributed by atoms with van der Waals surface area (Å²) in [5.74, 6) is 0.246. The van der Waals surface area contributed by atoms with Gasteiger partial charge in [0.15, 0.2) is 0 Å². The van der Waals surface area contributed by atoms with Crippen molar-refractivity contribution in [2.75, 3.05) is 10.2 Å². The molecule has 1 aliphatic heterocycles. The largest absolute Gasteiger partial charge is 0.325 e. The van der Waals surface area contributed by atoms with E-state index in [1.54, 1.807) is 11.3 Å². The molecule has 5 heteroatoms. The molecule has 0 unspecified atom stereocenters. The van der Waals surface area contributed by atoms with Crippen LogP contribution in [0.1, 0.15) is 48.1 Å². The molecule has 2 aliphatic rings. The van der Waals surface area contributed by atoms with Crippen LogP contribution >= 0.6 is 11.3 Å². The van der Waals surface area contributed by atoms with Crippen LogP contribution in [0.25, 0.3) is 0 Å². The van der Waals surface area contributed by atoms with Crippen LogP contribution in [0, 0.1) is 0 Å². The van der Waals surface area contributed by atoms with E-state index in [0.29, 0.717) is 19.4 Å². The number of hydrogen-bond acceptors (Lipinski definition) is 3. The van der Waals surface area contributed by atoms with Crippen LogP contribution in [0.4, 0.5) is 11.4 Å². The average Bonchev–Trinajstić information content (AvgIpc) is 3.49. The van der Waals surface area contributed by atoms with Crippen LogP contribution in [-0.2, 0) is 28.0 Å². The second-order valence-electron chi connectivity index (χ2n) is 8.53. The fraction of sp³-hybridized carbons (Fsp3) is 0.308. The molecule has 0 bridgehead atoms. The van der Waals surface area contributed by atoms with Gasteiger partial charge in [-0.3, -0.25) is 9.59 Å². The SMILES string of the molecule is O=C1CCc2cc(NC(=O)C3(c4cccs4)CCCC3)ccc2N1Cc1ccccc1. The molecule has 0 saturated heterocycles. The van der Waals surface area contributed by atoms with E-state index in [1.807, 2.05) is 53.4 Å². The number of thiophene rings is 1. The molecule has 1 aromatic heterocycles. The third-order valence-electron chi connectivity index (χ3n) is 6.61. The predicted octanol–water partition coefficient (Wildman–Crippen LogP) is 5.68. The van der Waals surface area contributed by atoms with Gasteiger partial charge in [-0.15, -0.1) is 11.3 Å². The van der Waals surface area contributed by atoms with Crippen molar-refractivity contribution in [2.24, 2.45) is 0 Å². The normalized spacial score (nSPS) is 17.4. The van der Waals surface area contributed by atoms with Crippen molar-refractivity contribution < 1.29 is 9.59 Å². The second-order valence-corrected chi connectivity index (χ2v) is 9.48. The average molecular weight is 431 g/mol. The topological polar surface area (TPSA) is 49.4 Å². The minimum atomic E-state index is -0.403. The van der Waals surface area contributed by atoms with E-state index in [4.69, 9.17) is 0 Å². The Hall–Kier alpha value is -2.92. The zero-order chi connectivity index (χ0) is 21.3. The van der Waals surface area contributed by atoms with Crippen LogP contribution in [0.5, 0.6) is 0 Å². The minimum Gasteiger partial charge on any atom is -0.325 e. The number of carbonyl (C=O) groups excluding carboxylic acids is 2. The number of nitrogens with zero attached hydrogens (tertiary/aromatic N) is 1. The number of aryl methyl sites for hydroxylation is 1. The van der Waals surface area contributed by atoms with E-state index in [0.717, 1.165) is 48.2 Å². The molecule has 0 radical (unpaired) electrons. The molecule has 1 aliphatic carbocycles. The number of fused-ring (bicyclic) bond motifs is 1. The first-order chi connectivity index (χ1) is 15.2. The number of rotatable bonds is 5. The molecule has 1 fully saturated rings. The third-order valence-corrected chi connectivity index (χ3v) is 7.68. The van der Waals surface area contributed by atoms with E-state index in [2.05, 4.69) is 22.8 Å². The van der Waals surface area contributed by atoms with Gasteiger partial charge < -0.3 is 10.2 Å². The lowest BCUT2D eigenvalue weighted by Gasteiger charge is -2.30. The standard InChI is InChI=1S/C26H26N2O2S/c29-24-13-10-20-17-21(11-12-22(20)28(24)18-19-7-2-1-3-8-19)27-25(30)26(14-4-5-15-26)23-9-6-16-31-23/h1-3,6-9,11-12,16-17H,4-5,10,13-15,18H2,(H,27,30). The molecular formula is C26H26N2O2S. The van der Waals surface area contributed by atoms with Gasteiger partial charge in [-0.1, -0.05) is 49.2 Å². The number of nitrogens with one attached hydrogen (secondary N) is 1. The van der Waals surface area contributed by atoms with Crippen molar-refractivity contribution in [3.05, 3.63) is 82.0 Å². The van der Waals surface area contributed by atoms with Gasteiger partial charge in [0.25, 0.3) is 0 Å². The molecule has 4 nitrogen and oxygen atoms in total. The van der Waals surface area contributed by atoms with Crippen molar-refractivity contribution in [1.82, 2.24) is 0 Å². The smallest absolute Gasteiger partial charge is 0.235 e. The van der Waals surface area contributed by atoms with Crippen molar-refractivity contribution >= 4 is 34.5 Å². The van der Waals surface area contributed by atoms with Gasteiger partial charge in [-0.2, -0.15) is 0 Å². The van der Waals surface area contributed by atoms with Gasteiger partial charge >= 0.3 is 0 Å². The Bertz CT molecular complexity index is 1090. The minimum absolute atomic E-state index is 0.0976. The molecule has 158 valence electrons. The lowest BCUT2D eigenvalue weighted by molar-refractivity contribution is -0.121. The first-order valence-corrected chi connectivity index (χ1v) is 11.9. The van der Waals surface area contributed by atoms with Gasteiger partial charge in [-0.05, 0) is 60.0 Å². The third kappa shape index (κ3) is 3.79. The monoisotopic (exact) mass is 430 g/mol.